The molecule has 102 valence electrons. The lowest BCUT2D eigenvalue weighted by atomic mass is 10.1. The molecule has 19 heavy (non-hydrogen) atoms. The molecular formula is C12H13F3N4. The number of nitrogens with zero attached hydrogens (tertiary/aromatic N) is 3. The monoisotopic (exact) mass is 270 g/mol. The molecule has 0 amide bonds. The van der Waals surface area contributed by atoms with Gasteiger partial charge in [-0.3, -0.25) is 0 Å². The molecule has 0 atom stereocenters. The Hall–Kier alpha value is -1.89. The Morgan fingerprint density at radius 2 is 1.84 bits per heavy atom. The van der Waals surface area contributed by atoms with E-state index in [0.717, 1.165) is 23.4 Å². The molecule has 1 heterocycles. The minimum atomic E-state index is -4.31. The smallest absolute Gasteiger partial charge is 0.330 e. The summed E-state index contributed by atoms with van der Waals surface area (Å²) in [7, 11) is 0. The van der Waals surface area contributed by atoms with Gasteiger partial charge in [0.05, 0.1) is 17.8 Å². The van der Waals surface area contributed by atoms with E-state index in [2.05, 4.69) is 10.3 Å². The van der Waals surface area contributed by atoms with Gasteiger partial charge in [0, 0.05) is 12.6 Å². The van der Waals surface area contributed by atoms with Gasteiger partial charge in [-0.2, -0.15) is 13.2 Å². The maximum Gasteiger partial charge on any atom is 0.416 e. The van der Waals surface area contributed by atoms with Crippen molar-refractivity contribution < 1.29 is 13.2 Å². The van der Waals surface area contributed by atoms with Crippen LogP contribution >= 0.6 is 0 Å². The first kappa shape index (κ1) is 13.5. The molecule has 0 aliphatic rings. The first-order valence-electron chi connectivity index (χ1n) is 5.74. The van der Waals surface area contributed by atoms with Gasteiger partial charge in [-0.05, 0) is 24.2 Å². The lowest BCUT2D eigenvalue weighted by Crippen LogP contribution is -2.06. The maximum absolute atomic E-state index is 12.4. The summed E-state index contributed by atoms with van der Waals surface area (Å²) in [6.07, 6.45) is -1.93. The summed E-state index contributed by atoms with van der Waals surface area (Å²) in [4.78, 5) is 0. The van der Waals surface area contributed by atoms with Crippen LogP contribution in [0.5, 0.6) is 0 Å². The largest absolute Gasteiger partial charge is 0.416 e. The third-order valence-corrected chi connectivity index (χ3v) is 2.61. The molecule has 1 aromatic carbocycles. The predicted octanol–water partition coefficient (Wildman–Crippen LogP) is 1.85. The molecule has 2 aromatic rings. The first-order valence-corrected chi connectivity index (χ1v) is 5.74. The fraction of sp³-hybridized carbons (Fsp3) is 0.333. The van der Waals surface area contributed by atoms with Crippen molar-refractivity contribution in [3.63, 3.8) is 0 Å². The molecule has 0 aliphatic heterocycles. The number of rotatable bonds is 4. The Labute approximate surface area is 108 Å². The fourth-order valence-electron chi connectivity index (χ4n) is 1.66. The van der Waals surface area contributed by atoms with Crippen molar-refractivity contribution >= 4 is 0 Å². The van der Waals surface area contributed by atoms with E-state index < -0.39 is 11.7 Å². The Morgan fingerprint density at radius 3 is 2.42 bits per heavy atom. The van der Waals surface area contributed by atoms with Crippen molar-refractivity contribution in [1.82, 2.24) is 15.0 Å². The van der Waals surface area contributed by atoms with Crippen molar-refractivity contribution in [3.8, 4) is 0 Å². The number of aromatic nitrogens is 3. The second-order valence-corrected chi connectivity index (χ2v) is 4.14. The van der Waals surface area contributed by atoms with Crippen LogP contribution in [-0.2, 0) is 19.1 Å². The molecule has 0 fully saturated rings. The zero-order chi connectivity index (χ0) is 13.9. The van der Waals surface area contributed by atoms with Crippen LogP contribution in [0.25, 0.3) is 0 Å². The highest BCUT2D eigenvalue weighted by atomic mass is 19.4. The highest BCUT2D eigenvalue weighted by Gasteiger charge is 2.29. The van der Waals surface area contributed by atoms with Gasteiger partial charge >= 0.3 is 6.18 Å². The summed E-state index contributed by atoms with van der Waals surface area (Å²) in [6, 6.07) is 5.00. The summed E-state index contributed by atoms with van der Waals surface area (Å²) in [6.45, 7) is 0.870. The average Bonchev–Trinajstić information content (AvgIpc) is 2.77. The van der Waals surface area contributed by atoms with E-state index >= 15 is 0 Å². The number of hydrogen-bond donors (Lipinski definition) is 1. The molecule has 7 heteroatoms. The van der Waals surface area contributed by atoms with Gasteiger partial charge in [0.15, 0.2) is 0 Å². The number of alkyl halides is 3. The second-order valence-electron chi connectivity index (χ2n) is 4.14. The molecule has 1 aromatic heterocycles. The predicted molar refractivity (Wildman–Crippen MR) is 63.3 cm³/mol. The summed E-state index contributed by atoms with van der Waals surface area (Å²) in [5, 5.41) is 7.80. The van der Waals surface area contributed by atoms with Crippen LogP contribution in [-0.4, -0.2) is 21.5 Å². The van der Waals surface area contributed by atoms with Gasteiger partial charge in [-0.25, -0.2) is 4.68 Å². The zero-order valence-corrected chi connectivity index (χ0v) is 10.1. The van der Waals surface area contributed by atoms with Crippen LogP contribution in [0.4, 0.5) is 13.2 Å². The van der Waals surface area contributed by atoms with Crippen molar-refractivity contribution in [3.05, 3.63) is 47.3 Å². The molecule has 0 spiro atoms. The first-order chi connectivity index (χ1) is 8.99. The van der Waals surface area contributed by atoms with Gasteiger partial charge < -0.3 is 5.73 Å². The summed E-state index contributed by atoms with van der Waals surface area (Å²) < 4.78 is 38.8. The van der Waals surface area contributed by atoms with Gasteiger partial charge in [-0.1, -0.05) is 17.3 Å². The highest BCUT2D eigenvalue weighted by molar-refractivity contribution is 5.24. The van der Waals surface area contributed by atoms with Gasteiger partial charge in [-0.15, -0.1) is 5.10 Å². The van der Waals surface area contributed by atoms with Crippen LogP contribution < -0.4 is 5.73 Å². The van der Waals surface area contributed by atoms with E-state index in [1.807, 2.05) is 0 Å². The molecule has 0 aliphatic carbocycles. The zero-order valence-electron chi connectivity index (χ0n) is 10.1. The summed E-state index contributed by atoms with van der Waals surface area (Å²) in [5.74, 6) is 0. The molecular weight excluding hydrogens is 257 g/mol. The van der Waals surface area contributed by atoms with E-state index in [-0.39, 0.29) is 0 Å². The standard InChI is InChI=1S/C12H13F3N4/c13-12(14,15)10-3-1-9(2-4-10)7-19-8-11(5-6-16)17-18-19/h1-4,8H,5-7,16H2. The van der Waals surface area contributed by atoms with Crippen molar-refractivity contribution in [2.75, 3.05) is 6.54 Å². The van der Waals surface area contributed by atoms with E-state index in [4.69, 9.17) is 5.73 Å². The van der Waals surface area contributed by atoms with Crippen LogP contribution in [0, 0.1) is 0 Å². The topological polar surface area (TPSA) is 56.7 Å². The van der Waals surface area contributed by atoms with E-state index in [1.54, 1.807) is 10.9 Å². The van der Waals surface area contributed by atoms with Crippen molar-refractivity contribution in [2.24, 2.45) is 5.73 Å². The van der Waals surface area contributed by atoms with Gasteiger partial charge in [0.25, 0.3) is 0 Å². The molecule has 2 rings (SSSR count). The van der Waals surface area contributed by atoms with E-state index in [1.165, 1.54) is 12.1 Å². The maximum atomic E-state index is 12.4. The van der Waals surface area contributed by atoms with Crippen molar-refractivity contribution in [1.29, 1.82) is 0 Å². The molecule has 4 nitrogen and oxygen atoms in total. The van der Waals surface area contributed by atoms with E-state index in [9.17, 15) is 13.2 Å². The Balaban J connectivity index is 2.06. The quantitative estimate of drug-likeness (QED) is 0.922. The van der Waals surface area contributed by atoms with Crippen LogP contribution in [0.2, 0.25) is 0 Å². The minimum Gasteiger partial charge on any atom is -0.330 e. The SMILES string of the molecule is NCCc1cn(Cc2ccc(C(F)(F)F)cc2)nn1. The highest BCUT2D eigenvalue weighted by Crippen LogP contribution is 2.29. The average molecular weight is 270 g/mol. The number of hydrogen-bond acceptors (Lipinski definition) is 3. The minimum absolute atomic E-state index is 0.385. The lowest BCUT2D eigenvalue weighted by Gasteiger charge is -2.07. The molecule has 0 radical (unpaired) electrons. The number of benzene rings is 1. The van der Waals surface area contributed by atoms with Crippen LogP contribution in [0.1, 0.15) is 16.8 Å². The molecule has 2 N–H and O–H groups in total. The lowest BCUT2D eigenvalue weighted by molar-refractivity contribution is -0.137. The molecule has 0 saturated carbocycles. The van der Waals surface area contributed by atoms with Crippen LogP contribution in [0.15, 0.2) is 30.5 Å². The summed E-state index contributed by atoms with van der Waals surface area (Å²) in [5.41, 5.74) is 6.25. The molecule has 0 saturated heterocycles. The molecule has 0 unspecified atom stereocenters. The summed E-state index contributed by atoms with van der Waals surface area (Å²) >= 11 is 0. The second kappa shape index (κ2) is 5.40. The Bertz CT molecular complexity index is 531. The van der Waals surface area contributed by atoms with Crippen LogP contribution in [0.3, 0.4) is 0 Å². The third-order valence-electron chi connectivity index (χ3n) is 2.61. The normalized spacial score (nSPS) is 11.8. The van der Waals surface area contributed by atoms with Gasteiger partial charge in [0.1, 0.15) is 0 Å². The Morgan fingerprint density at radius 1 is 1.16 bits per heavy atom. The van der Waals surface area contributed by atoms with Gasteiger partial charge in [0.2, 0.25) is 0 Å². The van der Waals surface area contributed by atoms with Crippen molar-refractivity contribution in [2.45, 2.75) is 19.1 Å². The Kier molecular flexibility index (Phi) is 3.84. The number of halogens is 3. The third kappa shape index (κ3) is 3.54. The number of nitrogens with two attached hydrogens (primary N) is 1. The fourth-order valence-corrected chi connectivity index (χ4v) is 1.66. The molecule has 0 bridgehead atoms. The van der Waals surface area contributed by atoms with E-state index in [0.29, 0.717) is 19.5 Å².